The number of carbonyl (C=O) groups excluding carboxylic acids is 3. The van der Waals surface area contributed by atoms with Crippen LogP contribution >= 0.6 is 34.8 Å². The van der Waals surface area contributed by atoms with E-state index in [0.29, 0.717) is 71.8 Å². The first-order valence-corrected chi connectivity index (χ1v) is 41.5. The van der Waals surface area contributed by atoms with E-state index in [-0.39, 0.29) is 71.5 Å². The molecule has 119 heavy (non-hydrogen) atoms. The predicted octanol–water partition coefficient (Wildman–Crippen LogP) is 18.8. The molecule has 0 bridgehead atoms. The van der Waals surface area contributed by atoms with E-state index in [4.69, 9.17) is 63.2 Å². The third-order valence-corrected chi connectivity index (χ3v) is 23.9. The van der Waals surface area contributed by atoms with Crippen molar-refractivity contribution in [3.63, 3.8) is 0 Å². The molecule has 4 fully saturated rings. The van der Waals surface area contributed by atoms with Crippen LogP contribution in [0, 0.1) is 17.5 Å². The fourth-order valence-electron chi connectivity index (χ4n) is 17.3. The van der Waals surface area contributed by atoms with Crippen LogP contribution < -0.4 is 44.4 Å². The molecule has 18 rings (SSSR count). The lowest BCUT2D eigenvalue weighted by molar-refractivity contribution is 0.101. The van der Waals surface area contributed by atoms with Gasteiger partial charge in [0.05, 0.1) is 68.6 Å². The lowest BCUT2D eigenvalue weighted by Gasteiger charge is -2.42. The Morgan fingerprint density at radius 2 is 0.765 bits per heavy atom. The van der Waals surface area contributed by atoms with Crippen molar-refractivity contribution in [3.05, 3.63) is 297 Å². The summed E-state index contributed by atoms with van der Waals surface area (Å²) >= 11 is 19.0. The second kappa shape index (κ2) is 37.6. The largest absolute Gasteiger partial charge is 0.494 e. The number of ether oxygens (including phenoxy) is 6. The van der Waals surface area contributed by atoms with E-state index in [1.807, 2.05) is 144 Å². The van der Waals surface area contributed by atoms with Crippen molar-refractivity contribution in [1.29, 1.82) is 0 Å². The van der Waals surface area contributed by atoms with Crippen LogP contribution in [-0.2, 0) is 13.1 Å². The van der Waals surface area contributed by atoms with E-state index >= 15 is 0 Å². The minimum Gasteiger partial charge on any atom is -0.494 e. The number of likely N-dealkylation sites (N-methyl/N-ethyl adjacent to an activating group) is 1. The SMILES string of the molecule is CN1CCN(CCCOc2ccc(C3C4Nc5ccc(Cl)cc5C4CCN3C(=O)Oc3ccc(F)cc3)cc2)CC1.O=C(Oc1ccc(F)cc1)N1CCC2c3cc(Cl)ccc3NC2C1c1ccc(OCCCn2ccnc2)cc1.O=C(Oc1ccc(F)cc1)N1CCC2c3cc(Cl)ccc3NC2C1c1ccc(OCCCn2ccnn2)cc1. The van der Waals surface area contributed by atoms with Gasteiger partial charge in [-0.2, -0.15) is 0 Å². The zero-order valence-electron chi connectivity index (χ0n) is 65.5. The van der Waals surface area contributed by atoms with Crippen molar-refractivity contribution in [2.75, 3.05) is 95.2 Å². The number of aryl methyl sites for hydroxylation is 2. The summed E-state index contributed by atoms with van der Waals surface area (Å²) in [6.45, 7) is 10.4. The summed E-state index contributed by atoms with van der Waals surface area (Å²) in [4.78, 5) is 54.5. The molecule has 9 unspecified atom stereocenters. The number of imidazole rings is 1. The van der Waals surface area contributed by atoms with Gasteiger partial charge in [-0.25, -0.2) is 32.5 Å². The van der Waals surface area contributed by atoms with Crippen LogP contribution in [0.3, 0.4) is 0 Å². The Labute approximate surface area is 703 Å². The summed E-state index contributed by atoms with van der Waals surface area (Å²) in [5.41, 5.74) is 9.54. The number of piperazine rings is 1. The van der Waals surface area contributed by atoms with E-state index in [1.165, 1.54) is 83.9 Å². The molecule has 616 valence electrons. The first-order chi connectivity index (χ1) is 58.0. The quantitative estimate of drug-likeness (QED) is 0.0572. The molecule has 7 aliphatic heterocycles. The summed E-state index contributed by atoms with van der Waals surface area (Å²) in [7, 11) is 2.17. The smallest absolute Gasteiger partial charge is 0.415 e. The fraction of sp³-hybridized carbons (Fsp3) is 0.319. The Balaban J connectivity index is 0.000000133. The van der Waals surface area contributed by atoms with Gasteiger partial charge in [0.1, 0.15) is 51.9 Å². The second-order valence-corrected chi connectivity index (χ2v) is 32.0. The van der Waals surface area contributed by atoms with Gasteiger partial charge in [0.25, 0.3) is 0 Å². The predicted molar refractivity (Wildman–Crippen MR) is 450 cm³/mol. The number of rotatable bonds is 21. The molecule has 4 saturated heterocycles. The molecule has 0 spiro atoms. The van der Waals surface area contributed by atoms with Crippen LogP contribution in [0.5, 0.6) is 34.5 Å². The summed E-state index contributed by atoms with van der Waals surface area (Å²) in [5, 5.41) is 20.8. The van der Waals surface area contributed by atoms with Crippen LogP contribution in [0.25, 0.3) is 0 Å². The van der Waals surface area contributed by atoms with Crippen LogP contribution in [0.15, 0.2) is 231 Å². The van der Waals surface area contributed by atoms with E-state index in [2.05, 4.69) is 48.1 Å². The third kappa shape index (κ3) is 19.6. The first kappa shape index (κ1) is 81.3. The number of fused-ring (bicyclic) bond motifs is 9. The molecule has 7 aliphatic rings. The summed E-state index contributed by atoms with van der Waals surface area (Å²) in [6, 6.07) is 56.9. The lowest BCUT2D eigenvalue weighted by Crippen LogP contribution is -2.50. The number of amides is 3. The number of anilines is 3. The fourth-order valence-corrected chi connectivity index (χ4v) is 17.8. The maximum absolute atomic E-state index is 13.5. The van der Waals surface area contributed by atoms with Gasteiger partial charge >= 0.3 is 18.3 Å². The average Bonchev–Trinajstić information content (AvgIpc) is 1.62. The highest BCUT2D eigenvalue weighted by Gasteiger charge is 2.50. The standard InChI is InChI=1S/C32H36ClFN4O3.C30H28ClFN4O3.C29H27ClFN5O3/c1-36-16-18-37(19-17-36)14-2-20-40-25-8-3-22(4-9-25)31-30-27(28-21-23(33)5-12-29(28)35-30)13-15-38(31)32(39)41-26-10-6-24(34)7-11-26;31-21-4-11-27-26(18-21)25-12-15-36(30(37)39-24-9-5-22(32)6-10-24)29(28(25)34-27)20-2-7-23(8-3-20)38-17-1-14-35-16-13-33-19-35;30-20-4-11-26-25(18-20)24-12-15-36(29(37)39-23-9-5-21(31)6-10-23)28(27(24)33-26)19-2-7-22(8-3-19)38-17-1-14-35-16-13-32-34-35/h3-12,21,27,30-31,35H,2,13-20H2,1H3;2-11,13,16,18-19,25,28-29,34H,1,12,14-15,17H2;2-11,13,16,18,24,27-28,33H,1,12,14-15,17H2. The molecular weight excluding hydrogens is 1580 g/mol. The molecular formula is C91H91Cl3F3N13O9. The van der Waals surface area contributed by atoms with Crippen molar-refractivity contribution >= 4 is 70.1 Å². The van der Waals surface area contributed by atoms with Crippen LogP contribution in [0.2, 0.25) is 15.1 Å². The van der Waals surface area contributed by atoms with Gasteiger partial charge in [0.2, 0.25) is 0 Å². The van der Waals surface area contributed by atoms with Crippen molar-refractivity contribution in [2.45, 2.75) is 106 Å². The Kier molecular flexibility index (Phi) is 25.7. The zero-order valence-corrected chi connectivity index (χ0v) is 67.8. The normalized spacial score (nSPS) is 20.6. The Morgan fingerprint density at radius 3 is 1.11 bits per heavy atom. The van der Waals surface area contributed by atoms with Gasteiger partial charge in [-0.05, 0) is 236 Å². The number of halogens is 6. The van der Waals surface area contributed by atoms with Crippen molar-refractivity contribution < 1.29 is 56.0 Å². The molecule has 2 aromatic heterocycles. The Hall–Kier alpha value is -11.5. The summed E-state index contributed by atoms with van der Waals surface area (Å²) < 4.78 is 78.9. The summed E-state index contributed by atoms with van der Waals surface area (Å²) in [6.07, 6.45) is 12.5. The van der Waals surface area contributed by atoms with Crippen LogP contribution in [-0.4, -0.2) is 165 Å². The van der Waals surface area contributed by atoms with Crippen LogP contribution in [0.4, 0.5) is 44.6 Å². The number of nitrogens with zero attached hydrogens (tertiary/aromatic N) is 10. The molecule has 0 saturated carbocycles. The maximum Gasteiger partial charge on any atom is 0.415 e. The molecule has 0 aliphatic carbocycles. The molecule has 9 atom stereocenters. The maximum atomic E-state index is 13.5. The highest BCUT2D eigenvalue weighted by molar-refractivity contribution is 6.31. The molecule has 22 nitrogen and oxygen atoms in total. The molecule has 28 heteroatoms. The van der Waals surface area contributed by atoms with E-state index in [0.717, 1.165) is 141 Å². The first-order valence-electron chi connectivity index (χ1n) is 40.3. The zero-order chi connectivity index (χ0) is 81.9. The molecule has 3 N–H and O–H groups in total. The number of hydrogen-bond donors (Lipinski definition) is 3. The lowest BCUT2D eigenvalue weighted by atomic mass is 9.81. The van der Waals surface area contributed by atoms with Gasteiger partial charge in [-0.15, -0.1) is 5.10 Å². The third-order valence-electron chi connectivity index (χ3n) is 23.1. The number of nitrogens with one attached hydrogen (secondary N) is 3. The van der Waals surface area contributed by atoms with Gasteiger partial charge in [0, 0.05) is 140 Å². The second-order valence-electron chi connectivity index (χ2n) is 30.7. The molecule has 0 radical (unpaired) electrons. The van der Waals surface area contributed by atoms with Crippen molar-refractivity contribution in [2.24, 2.45) is 0 Å². The number of aromatic nitrogens is 5. The summed E-state index contributed by atoms with van der Waals surface area (Å²) in [5.74, 6) is 2.68. The van der Waals surface area contributed by atoms with Gasteiger partial charge in [0.15, 0.2) is 0 Å². The Bertz CT molecular complexity index is 5020. The van der Waals surface area contributed by atoms with E-state index in [1.54, 1.807) is 38.1 Å². The number of hydrogen-bond acceptors (Lipinski definition) is 17. The average molecular weight is 1670 g/mol. The van der Waals surface area contributed by atoms with Gasteiger partial charge in [-0.1, -0.05) is 76.4 Å². The van der Waals surface area contributed by atoms with Crippen LogP contribution in [0.1, 0.15) is 108 Å². The monoisotopic (exact) mass is 1670 g/mol. The van der Waals surface area contributed by atoms with Crippen molar-refractivity contribution in [3.8, 4) is 34.5 Å². The highest BCUT2D eigenvalue weighted by Crippen LogP contribution is 2.53. The topological polar surface area (TPSA) is 207 Å². The van der Waals surface area contributed by atoms with E-state index in [9.17, 15) is 27.6 Å². The van der Waals surface area contributed by atoms with E-state index < -0.39 is 18.3 Å². The highest BCUT2D eigenvalue weighted by atomic mass is 35.5. The molecule has 11 aromatic rings. The molecule has 3 amide bonds. The number of likely N-dealkylation sites (tertiary alicyclic amines) is 3. The molecule has 9 heterocycles. The van der Waals surface area contributed by atoms with Crippen molar-refractivity contribution in [1.82, 2.24) is 49.0 Å². The minimum absolute atomic E-state index is 0.0478. The Morgan fingerprint density at radius 1 is 0.412 bits per heavy atom. The number of carbonyl (C=O) groups is 3. The molecule has 9 aromatic carbocycles. The minimum atomic E-state index is -0.478. The number of piperidine rings is 3. The van der Waals surface area contributed by atoms with Gasteiger partial charge < -0.3 is 58.7 Å². The van der Waals surface area contributed by atoms with Gasteiger partial charge in [-0.3, -0.25) is 19.4 Å². The number of benzene rings is 9.